The van der Waals surface area contributed by atoms with Crippen LogP contribution < -0.4 is 5.32 Å². The lowest BCUT2D eigenvalue weighted by molar-refractivity contribution is -0.153. The van der Waals surface area contributed by atoms with E-state index in [1.165, 1.54) is 0 Å². The number of ether oxygens (including phenoxy) is 2. The number of esters is 1. The minimum atomic E-state index is -0.564. The minimum absolute atomic E-state index is 0.0372. The van der Waals surface area contributed by atoms with Crippen LogP contribution in [-0.2, 0) is 32.1 Å². The first kappa shape index (κ1) is 26.3. The number of hydrogen-bond acceptors (Lipinski definition) is 5. The predicted molar refractivity (Wildman–Crippen MR) is 133 cm³/mol. The van der Waals surface area contributed by atoms with Crippen molar-refractivity contribution in [1.29, 1.82) is 0 Å². The quantitative estimate of drug-likeness (QED) is 0.563. The molecule has 1 heterocycles. The molecule has 35 heavy (non-hydrogen) atoms. The molecule has 1 saturated heterocycles. The number of carbonyl (C=O) groups excluding carboxylic acids is 3. The van der Waals surface area contributed by atoms with E-state index >= 15 is 0 Å². The Bertz CT molecular complexity index is 964. The van der Waals surface area contributed by atoms with E-state index in [4.69, 9.17) is 9.47 Å². The average molecular weight is 481 g/mol. The Morgan fingerprint density at radius 3 is 2.09 bits per heavy atom. The van der Waals surface area contributed by atoms with Gasteiger partial charge in [-0.2, -0.15) is 0 Å². The van der Waals surface area contributed by atoms with Crippen LogP contribution in [0, 0.1) is 5.92 Å². The van der Waals surface area contributed by atoms with E-state index in [0.717, 1.165) is 11.1 Å². The molecule has 7 heteroatoms. The Hall–Kier alpha value is -3.35. The fourth-order valence-corrected chi connectivity index (χ4v) is 4.07. The van der Waals surface area contributed by atoms with Crippen LogP contribution in [0.1, 0.15) is 51.2 Å². The number of carbonyl (C=O) groups is 3. The van der Waals surface area contributed by atoms with E-state index in [1.54, 1.807) is 4.90 Å². The van der Waals surface area contributed by atoms with Crippen molar-refractivity contribution in [3.05, 3.63) is 71.8 Å². The van der Waals surface area contributed by atoms with Gasteiger partial charge in [0, 0.05) is 25.6 Å². The lowest BCUT2D eigenvalue weighted by atomic mass is 9.95. The molecule has 1 atom stereocenters. The Morgan fingerprint density at radius 1 is 0.943 bits per heavy atom. The van der Waals surface area contributed by atoms with Crippen LogP contribution in [0.3, 0.4) is 0 Å². The van der Waals surface area contributed by atoms with Crippen molar-refractivity contribution in [2.24, 2.45) is 5.92 Å². The number of nitrogens with one attached hydrogen (secondary N) is 1. The number of amides is 2. The second kappa shape index (κ2) is 12.4. The molecule has 1 N–H and O–H groups in total. The van der Waals surface area contributed by atoms with Crippen LogP contribution in [-0.4, -0.2) is 47.6 Å². The number of benzene rings is 2. The maximum absolute atomic E-state index is 13.1. The number of likely N-dealkylation sites (tertiary alicyclic amines) is 1. The number of piperidine rings is 1. The first-order valence-corrected chi connectivity index (χ1v) is 12.2. The Labute approximate surface area is 207 Å². The van der Waals surface area contributed by atoms with Gasteiger partial charge in [0.1, 0.15) is 12.2 Å². The predicted octanol–water partition coefficient (Wildman–Crippen LogP) is 4.49. The highest BCUT2D eigenvalue weighted by molar-refractivity contribution is 5.83. The fourth-order valence-electron chi connectivity index (χ4n) is 4.07. The third-order valence-electron chi connectivity index (χ3n) is 5.87. The lowest BCUT2D eigenvalue weighted by Crippen LogP contribution is -2.48. The summed E-state index contributed by atoms with van der Waals surface area (Å²) in [6, 6.07) is 19.2. The van der Waals surface area contributed by atoms with Gasteiger partial charge in [0.05, 0.1) is 5.92 Å². The number of alkyl carbamates (subject to hydrolysis) is 1. The molecule has 7 nitrogen and oxygen atoms in total. The molecule has 0 aromatic heterocycles. The lowest BCUT2D eigenvalue weighted by Gasteiger charge is -2.33. The summed E-state index contributed by atoms with van der Waals surface area (Å²) < 4.78 is 10.9. The highest BCUT2D eigenvalue weighted by atomic mass is 16.6. The summed E-state index contributed by atoms with van der Waals surface area (Å²) in [5, 5.41) is 2.89. The molecule has 0 aliphatic carbocycles. The number of rotatable bonds is 8. The van der Waals surface area contributed by atoms with E-state index in [0.29, 0.717) is 32.4 Å². The zero-order valence-corrected chi connectivity index (χ0v) is 20.9. The Morgan fingerprint density at radius 2 is 1.51 bits per heavy atom. The molecule has 0 bridgehead atoms. The zero-order chi connectivity index (χ0) is 25.3. The first-order chi connectivity index (χ1) is 16.7. The molecule has 1 unspecified atom stereocenters. The molecule has 2 aromatic rings. The molecule has 1 aliphatic heterocycles. The summed E-state index contributed by atoms with van der Waals surface area (Å²) in [4.78, 5) is 39.9. The third kappa shape index (κ3) is 9.08. The fraction of sp³-hybridized carbons (Fsp3) is 0.464. The van der Waals surface area contributed by atoms with E-state index in [2.05, 4.69) is 5.32 Å². The van der Waals surface area contributed by atoms with Crippen molar-refractivity contribution >= 4 is 18.0 Å². The van der Waals surface area contributed by atoms with Crippen molar-refractivity contribution in [3.63, 3.8) is 0 Å². The van der Waals surface area contributed by atoms with Crippen LogP contribution >= 0.6 is 0 Å². The van der Waals surface area contributed by atoms with Crippen LogP contribution in [0.5, 0.6) is 0 Å². The van der Waals surface area contributed by atoms with Gasteiger partial charge < -0.3 is 19.7 Å². The highest BCUT2D eigenvalue weighted by Gasteiger charge is 2.30. The monoisotopic (exact) mass is 480 g/mol. The zero-order valence-electron chi connectivity index (χ0n) is 20.9. The SMILES string of the molecule is CC(C)(C)OC(=O)NC1CCN(C(=O)CC(Cc2ccccc2)C(=O)OCc2ccccc2)CC1. The van der Waals surface area contributed by atoms with Gasteiger partial charge in [-0.3, -0.25) is 9.59 Å². The van der Waals surface area contributed by atoms with Crippen molar-refractivity contribution in [2.75, 3.05) is 13.1 Å². The Balaban J connectivity index is 1.55. The summed E-state index contributed by atoms with van der Waals surface area (Å²) in [7, 11) is 0. The van der Waals surface area contributed by atoms with Gasteiger partial charge in [0.25, 0.3) is 0 Å². The van der Waals surface area contributed by atoms with Gasteiger partial charge in [-0.1, -0.05) is 60.7 Å². The van der Waals surface area contributed by atoms with Gasteiger partial charge in [-0.05, 0) is 51.2 Å². The van der Waals surface area contributed by atoms with Crippen LogP contribution in [0.15, 0.2) is 60.7 Å². The second-order valence-electron chi connectivity index (χ2n) is 9.99. The maximum Gasteiger partial charge on any atom is 0.407 e. The highest BCUT2D eigenvalue weighted by Crippen LogP contribution is 2.20. The first-order valence-electron chi connectivity index (χ1n) is 12.2. The molecule has 1 aliphatic rings. The molecule has 2 amide bonds. The van der Waals surface area contributed by atoms with E-state index in [-0.39, 0.29) is 30.9 Å². The molecule has 188 valence electrons. The standard InChI is InChI=1S/C28H36N2O5/c1-28(2,3)35-27(33)29-24-14-16-30(17-15-24)25(31)19-23(18-21-10-6-4-7-11-21)26(32)34-20-22-12-8-5-9-13-22/h4-13,23-24H,14-20H2,1-3H3,(H,29,33). The molecule has 1 fully saturated rings. The van der Waals surface area contributed by atoms with Crippen molar-refractivity contribution in [2.45, 2.75) is 64.7 Å². The van der Waals surface area contributed by atoms with Gasteiger partial charge in [-0.25, -0.2) is 4.79 Å². The molecule has 0 saturated carbocycles. The van der Waals surface area contributed by atoms with Crippen LogP contribution in [0.25, 0.3) is 0 Å². The summed E-state index contributed by atoms with van der Waals surface area (Å²) in [5.74, 6) is -1.00. The van der Waals surface area contributed by atoms with Crippen molar-refractivity contribution in [1.82, 2.24) is 10.2 Å². The van der Waals surface area contributed by atoms with Gasteiger partial charge in [0.2, 0.25) is 5.91 Å². The average Bonchev–Trinajstić information content (AvgIpc) is 2.82. The van der Waals surface area contributed by atoms with E-state index in [9.17, 15) is 14.4 Å². The second-order valence-corrected chi connectivity index (χ2v) is 9.99. The molecule has 0 spiro atoms. The molecule has 0 radical (unpaired) electrons. The molecule has 3 rings (SSSR count). The van der Waals surface area contributed by atoms with Gasteiger partial charge in [-0.15, -0.1) is 0 Å². The van der Waals surface area contributed by atoms with Gasteiger partial charge >= 0.3 is 12.1 Å². The summed E-state index contributed by atoms with van der Waals surface area (Å²) in [6.07, 6.45) is 1.38. The normalized spacial score (nSPS) is 15.2. The summed E-state index contributed by atoms with van der Waals surface area (Å²) in [6.45, 7) is 6.70. The van der Waals surface area contributed by atoms with Gasteiger partial charge in [0.15, 0.2) is 0 Å². The third-order valence-corrected chi connectivity index (χ3v) is 5.87. The van der Waals surface area contributed by atoms with Crippen molar-refractivity contribution < 1.29 is 23.9 Å². The van der Waals surface area contributed by atoms with Crippen LogP contribution in [0.4, 0.5) is 4.79 Å². The number of hydrogen-bond donors (Lipinski definition) is 1. The topological polar surface area (TPSA) is 84.9 Å². The smallest absolute Gasteiger partial charge is 0.407 e. The largest absolute Gasteiger partial charge is 0.461 e. The number of nitrogens with zero attached hydrogens (tertiary/aromatic N) is 1. The Kier molecular flexibility index (Phi) is 9.29. The van der Waals surface area contributed by atoms with Crippen molar-refractivity contribution in [3.8, 4) is 0 Å². The summed E-state index contributed by atoms with van der Waals surface area (Å²) >= 11 is 0. The van der Waals surface area contributed by atoms with Crippen LogP contribution in [0.2, 0.25) is 0 Å². The molecule has 2 aromatic carbocycles. The minimum Gasteiger partial charge on any atom is -0.461 e. The maximum atomic E-state index is 13.1. The summed E-state index contributed by atoms with van der Waals surface area (Å²) in [5.41, 5.74) is 1.34. The van der Waals surface area contributed by atoms with E-state index in [1.807, 2.05) is 81.4 Å². The molecular formula is C28H36N2O5. The van der Waals surface area contributed by atoms with E-state index < -0.39 is 17.6 Å². The molecular weight excluding hydrogens is 444 g/mol.